The van der Waals surface area contributed by atoms with Gasteiger partial charge in [0.2, 0.25) is 0 Å². The lowest BCUT2D eigenvalue weighted by Gasteiger charge is -2.25. The number of amides is 3. The van der Waals surface area contributed by atoms with E-state index in [-0.39, 0.29) is 10.7 Å². The van der Waals surface area contributed by atoms with Crippen LogP contribution in [0.15, 0.2) is 60.7 Å². The first kappa shape index (κ1) is 27.7. The van der Waals surface area contributed by atoms with Gasteiger partial charge in [-0.1, -0.05) is 17.7 Å². The van der Waals surface area contributed by atoms with Gasteiger partial charge in [0.15, 0.2) is 0 Å². The highest BCUT2D eigenvalue weighted by atomic mass is 35.5. The second kappa shape index (κ2) is 11.4. The highest BCUT2D eigenvalue weighted by Gasteiger charge is 2.43. The Hall–Kier alpha value is -3.93. The number of halogens is 7. The minimum Gasteiger partial charge on any atom is -0.428 e. The van der Waals surface area contributed by atoms with E-state index in [0.717, 1.165) is 30.3 Å². The highest BCUT2D eigenvalue weighted by molar-refractivity contribution is 6.33. The molecule has 0 spiro atoms. The third-order valence-corrected chi connectivity index (χ3v) is 5.19. The van der Waals surface area contributed by atoms with Crippen LogP contribution in [0.4, 0.5) is 48.2 Å². The second-order valence-corrected chi connectivity index (χ2v) is 7.78. The Morgan fingerprint density at radius 2 is 1.65 bits per heavy atom. The van der Waals surface area contributed by atoms with Gasteiger partial charge in [-0.25, -0.2) is 13.6 Å². The molecule has 3 rings (SSSR count). The van der Waals surface area contributed by atoms with E-state index in [0.29, 0.717) is 17.9 Å². The maximum absolute atomic E-state index is 13.7. The molecule has 0 aliphatic rings. The molecule has 0 unspecified atom stereocenters. The number of hydrogen-bond acceptors (Lipinski definition) is 4. The number of nitrogens with zero attached hydrogens (tertiary/aromatic N) is 1. The molecular weight excluding hydrogens is 528 g/mol. The Labute approximate surface area is 211 Å². The summed E-state index contributed by atoms with van der Waals surface area (Å²) in [5.74, 6) is -4.03. The van der Waals surface area contributed by atoms with E-state index < -0.39 is 47.4 Å². The summed E-state index contributed by atoms with van der Waals surface area (Å²) in [4.78, 5) is 25.9. The van der Waals surface area contributed by atoms with Crippen LogP contribution in [0, 0.1) is 11.6 Å². The van der Waals surface area contributed by atoms with E-state index in [4.69, 9.17) is 11.6 Å². The summed E-state index contributed by atoms with van der Waals surface area (Å²) in [6.07, 6.45) is -8.63. The van der Waals surface area contributed by atoms with Gasteiger partial charge in [0, 0.05) is 17.9 Å². The van der Waals surface area contributed by atoms with Gasteiger partial charge in [-0.2, -0.15) is 17.6 Å². The van der Waals surface area contributed by atoms with Crippen LogP contribution < -0.4 is 20.3 Å². The molecule has 0 atom stereocenters. The fourth-order valence-electron chi connectivity index (χ4n) is 3.23. The fourth-order valence-corrected chi connectivity index (χ4v) is 3.52. The summed E-state index contributed by atoms with van der Waals surface area (Å²) in [7, 11) is 0. The van der Waals surface area contributed by atoms with Crippen LogP contribution in [0.5, 0.6) is 5.75 Å². The minimum absolute atomic E-state index is 0.135. The number of benzene rings is 3. The fraction of sp³-hybridized carbons (Fsp3) is 0.167. The van der Waals surface area contributed by atoms with Crippen molar-refractivity contribution >= 4 is 40.6 Å². The SMILES string of the molecule is CCN(c1ccc(OC(F)(F)C(F)F)cc1)c1ccc(NC(=O)NC(=O)c2c(F)cccc2F)cc1Cl. The van der Waals surface area contributed by atoms with Crippen LogP contribution in [0.3, 0.4) is 0 Å². The summed E-state index contributed by atoms with van der Waals surface area (Å²) >= 11 is 6.35. The highest BCUT2D eigenvalue weighted by Crippen LogP contribution is 2.35. The van der Waals surface area contributed by atoms with Crippen LogP contribution in [0.2, 0.25) is 5.02 Å². The van der Waals surface area contributed by atoms with E-state index in [1.165, 1.54) is 30.3 Å². The molecule has 13 heteroatoms. The Balaban J connectivity index is 1.71. The van der Waals surface area contributed by atoms with Crippen LogP contribution in [0.1, 0.15) is 17.3 Å². The first-order chi connectivity index (χ1) is 17.4. The van der Waals surface area contributed by atoms with Crippen molar-refractivity contribution in [1.29, 1.82) is 0 Å². The summed E-state index contributed by atoms with van der Waals surface area (Å²) in [6, 6.07) is 10.9. The van der Waals surface area contributed by atoms with Gasteiger partial charge in [0.1, 0.15) is 22.9 Å². The van der Waals surface area contributed by atoms with Gasteiger partial charge < -0.3 is 15.0 Å². The van der Waals surface area contributed by atoms with Gasteiger partial charge in [-0.15, -0.1) is 0 Å². The number of nitrogens with one attached hydrogen (secondary N) is 2. The average molecular weight is 546 g/mol. The maximum atomic E-state index is 13.7. The quantitative estimate of drug-likeness (QED) is 0.300. The molecule has 0 aliphatic heterocycles. The van der Waals surface area contributed by atoms with E-state index in [1.54, 1.807) is 11.8 Å². The number of anilines is 3. The molecule has 3 aromatic carbocycles. The van der Waals surface area contributed by atoms with E-state index >= 15 is 0 Å². The molecule has 0 saturated heterocycles. The lowest BCUT2D eigenvalue weighted by atomic mass is 10.2. The van der Waals surface area contributed by atoms with E-state index in [9.17, 15) is 35.9 Å². The lowest BCUT2D eigenvalue weighted by Crippen LogP contribution is -2.35. The molecule has 3 aromatic rings. The summed E-state index contributed by atoms with van der Waals surface area (Å²) < 4.78 is 82.4. The van der Waals surface area contributed by atoms with Crippen LogP contribution in [0.25, 0.3) is 0 Å². The van der Waals surface area contributed by atoms with Crippen LogP contribution >= 0.6 is 11.6 Å². The number of alkyl halides is 4. The molecule has 0 aromatic heterocycles. The number of hydrogen-bond donors (Lipinski definition) is 2. The topological polar surface area (TPSA) is 70.7 Å². The summed E-state index contributed by atoms with van der Waals surface area (Å²) in [6.45, 7) is 2.11. The average Bonchev–Trinajstić information content (AvgIpc) is 2.81. The first-order valence-electron chi connectivity index (χ1n) is 10.5. The van der Waals surface area contributed by atoms with E-state index in [2.05, 4.69) is 10.1 Å². The van der Waals surface area contributed by atoms with E-state index in [1.807, 2.05) is 5.32 Å². The van der Waals surface area contributed by atoms with Gasteiger partial charge in [0.25, 0.3) is 5.91 Å². The van der Waals surface area contributed by atoms with Gasteiger partial charge in [-0.05, 0) is 61.5 Å². The zero-order valence-corrected chi connectivity index (χ0v) is 19.6. The zero-order valence-electron chi connectivity index (χ0n) is 18.9. The van der Waals surface area contributed by atoms with Gasteiger partial charge in [0.05, 0.1) is 10.7 Å². The lowest BCUT2D eigenvalue weighted by molar-refractivity contribution is -0.253. The number of carbonyl (C=O) groups is 2. The van der Waals surface area contributed by atoms with Crippen molar-refractivity contribution in [3.05, 3.63) is 82.9 Å². The monoisotopic (exact) mass is 545 g/mol. The van der Waals surface area contributed by atoms with Crippen LogP contribution in [-0.4, -0.2) is 31.0 Å². The molecule has 0 bridgehead atoms. The largest absolute Gasteiger partial charge is 0.461 e. The number of imide groups is 1. The van der Waals surface area contributed by atoms with Crippen molar-refractivity contribution in [2.45, 2.75) is 19.5 Å². The molecule has 37 heavy (non-hydrogen) atoms. The normalized spacial score (nSPS) is 11.3. The number of carbonyl (C=O) groups excluding carboxylic acids is 2. The third kappa shape index (κ3) is 6.64. The smallest absolute Gasteiger partial charge is 0.428 e. The Morgan fingerprint density at radius 1 is 1.03 bits per heavy atom. The predicted molar refractivity (Wildman–Crippen MR) is 125 cm³/mol. The molecule has 196 valence electrons. The molecule has 2 N–H and O–H groups in total. The van der Waals surface area contributed by atoms with Gasteiger partial charge >= 0.3 is 18.6 Å². The van der Waals surface area contributed by atoms with Crippen molar-refractivity contribution in [1.82, 2.24) is 5.32 Å². The number of ether oxygens (including phenoxy) is 1. The van der Waals surface area contributed by atoms with Gasteiger partial charge in [-0.3, -0.25) is 10.1 Å². The summed E-state index contributed by atoms with van der Waals surface area (Å²) in [5, 5.41) is 4.27. The first-order valence-corrected chi connectivity index (χ1v) is 10.9. The molecule has 0 saturated carbocycles. The van der Waals surface area contributed by atoms with Crippen molar-refractivity contribution < 1.29 is 40.7 Å². The standard InChI is InChI=1S/C24H18ClF6N3O3/c1-2-34(14-7-9-15(10-8-14)37-24(30,31)22(28)29)19-11-6-13(12-16(19)25)32-23(36)33-21(35)20-17(26)4-3-5-18(20)27/h3-12,22H,2H2,1H3,(H2,32,33,35,36). The molecule has 0 radical (unpaired) electrons. The van der Waals surface area contributed by atoms with Crippen molar-refractivity contribution in [2.24, 2.45) is 0 Å². The maximum Gasteiger partial charge on any atom is 0.461 e. The molecule has 0 aliphatic carbocycles. The molecule has 3 amide bonds. The Kier molecular flexibility index (Phi) is 8.53. The molecule has 6 nitrogen and oxygen atoms in total. The second-order valence-electron chi connectivity index (χ2n) is 7.37. The minimum atomic E-state index is -4.64. The Bertz CT molecular complexity index is 1270. The third-order valence-electron chi connectivity index (χ3n) is 4.89. The predicted octanol–water partition coefficient (Wildman–Crippen LogP) is 6.97. The number of rotatable bonds is 8. The van der Waals surface area contributed by atoms with Crippen molar-refractivity contribution in [3.63, 3.8) is 0 Å². The zero-order chi connectivity index (χ0) is 27.3. The number of urea groups is 1. The summed E-state index contributed by atoms with van der Waals surface area (Å²) in [5.41, 5.74) is 0.125. The van der Waals surface area contributed by atoms with Crippen LogP contribution in [-0.2, 0) is 0 Å². The molecule has 0 heterocycles. The van der Waals surface area contributed by atoms with Crippen molar-refractivity contribution in [2.75, 3.05) is 16.8 Å². The van der Waals surface area contributed by atoms with Crippen molar-refractivity contribution in [3.8, 4) is 5.75 Å². The molecule has 0 fully saturated rings. The Morgan fingerprint density at radius 3 is 2.19 bits per heavy atom. The molecular formula is C24H18ClF6N3O3.